The van der Waals surface area contributed by atoms with Crippen molar-refractivity contribution in [1.82, 2.24) is 15.4 Å². The van der Waals surface area contributed by atoms with E-state index >= 15 is 0 Å². The van der Waals surface area contributed by atoms with Crippen molar-refractivity contribution in [3.8, 4) is 0 Å². The van der Waals surface area contributed by atoms with E-state index in [4.69, 9.17) is 0 Å². The Labute approximate surface area is 138 Å². The molecule has 3 N–H and O–H groups in total. The van der Waals surface area contributed by atoms with Crippen LogP contribution < -0.4 is 15.4 Å². The van der Waals surface area contributed by atoms with Crippen LogP contribution in [0.5, 0.6) is 0 Å². The van der Waals surface area contributed by atoms with Gasteiger partial charge in [0.1, 0.15) is 0 Å². The topological polar surface area (TPSA) is 87.3 Å². The van der Waals surface area contributed by atoms with Gasteiger partial charge in [0.25, 0.3) is 5.91 Å². The third kappa shape index (κ3) is 5.30. The highest BCUT2D eigenvalue weighted by atomic mass is 32.2. The largest absolute Gasteiger partial charge is 0.350 e. The van der Waals surface area contributed by atoms with Gasteiger partial charge in [-0.15, -0.1) is 0 Å². The van der Waals surface area contributed by atoms with Gasteiger partial charge in [0, 0.05) is 23.7 Å². The van der Waals surface area contributed by atoms with Gasteiger partial charge in [-0.05, 0) is 64.4 Å². The highest BCUT2D eigenvalue weighted by molar-refractivity contribution is 7.89. The lowest BCUT2D eigenvalue weighted by atomic mass is 10.1. The van der Waals surface area contributed by atoms with E-state index in [-0.39, 0.29) is 10.8 Å². The first kappa shape index (κ1) is 17.9. The van der Waals surface area contributed by atoms with Crippen molar-refractivity contribution in [3.05, 3.63) is 29.8 Å². The molecule has 1 fully saturated rings. The molecular formula is C16H25N3O3S. The van der Waals surface area contributed by atoms with Crippen molar-refractivity contribution >= 4 is 15.9 Å². The lowest BCUT2D eigenvalue weighted by Gasteiger charge is -2.20. The number of rotatable bonds is 5. The Bertz CT molecular complexity index is 642. The molecule has 2 rings (SSSR count). The lowest BCUT2D eigenvalue weighted by Crippen LogP contribution is -2.40. The molecule has 1 aliphatic rings. The Hall–Kier alpha value is -1.44. The zero-order chi connectivity index (χ0) is 17.1. The van der Waals surface area contributed by atoms with E-state index in [0.717, 1.165) is 19.4 Å². The zero-order valence-electron chi connectivity index (χ0n) is 13.8. The van der Waals surface area contributed by atoms with E-state index in [0.29, 0.717) is 18.2 Å². The van der Waals surface area contributed by atoms with Gasteiger partial charge in [-0.25, -0.2) is 13.1 Å². The van der Waals surface area contributed by atoms with Crippen molar-refractivity contribution in [2.75, 3.05) is 13.1 Å². The molecule has 1 amide bonds. The van der Waals surface area contributed by atoms with Crippen LogP contribution in [0.1, 0.15) is 44.0 Å². The Morgan fingerprint density at radius 3 is 2.43 bits per heavy atom. The van der Waals surface area contributed by atoms with Crippen LogP contribution in [0.4, 0.5) is 0 Å². The second kappa shape index (κ2) is 6.98. The summed E-state index contributed by atoms with van der Waals surface area (Å²) < 4.78 is 27.0. The van der Waals surface area contributed by atoms with Gasteiger partial charge in [0.05, 0.1) is 4.90 Å². The molecule has 1 atom stereocenters. The molecule has 0 spiro atoms. The minimum atomic E-state index is -3.58. The monoisotopic (exact) mass is 339 g/mol. The normalized spacial score (nSPS) is 18.8. The van der Waals surface area contributed by atoms with Gasteiger partial charge in [0.15, 0.2) is 0 Å². The van der Waals surface area contributed by atoms with Gasteiger partial charge in [-0.2, -0.15) is 0 Å². The number of carbonyl (C=O) groups excluding carboxylic acids is 1. The standard InChI is InChI=1S/C16H25N3O3S/c1-16(2,3)19-23(21,22)14-8-6-12(7-9-14)15(20)18-11-13-5-4-10-17-13/h6-9,13,17,19H,4-5,10-11H2,1-3H3,(H,18,20). The Morgan fingerprint density at radius 2 is 1.91 bits per heavy atom. The van der Waals surface area contributed by atoms with E-state index in [2.05, 4.69) is 15.4 Å². The predicted octanol–water partition coefficient (Wildman–Crippen LogP) is 1.25. The molecule has 1 unspecified atom stereocenters. The summed E-state index contributed by atoms with van der Waals surface area (Å²) in [6, 6.07) is 6.31. The minimum Gasteiger partial charge on any atom is -0.350 e. The number of benzene rings is 1. The Kier molecular flexibility index (Phi) is 5.44. The zero-order valence-corrected chi connectivity index (χ0v) is 14.7. The maximum absolute atomic E-state index is 12.2. The highest BCUT2D eigenvalue weighted by Gasteiger charge is 2.22. The Balaban J connectivity index is 1.99. The van der Waals surface area contributed by atoms with Crippen LogP contribution in [0.2, 0.25) is 0 Å². The summed E-state index contributed by atoms with van der Waals surface area (Å²) in [7, 11) is -3.58. The van der Waals surface area contributed by atoms with Crippen LogP contribution in [0.3, 0.4) is 0 Å². The maximum atomic E-state index is 12.2. The van der Waals surface area contributed by atoms with Crippen molar-refractivity contribution in [1.29, 1.82) is 0 Å². The van der Waals surface area contributed by atoms with Crippen LogP contribution in [0.25, 0.3) is 0 Å². The number of nitrogens with one attached hydrogen (secondary N) is 3. The van der Waals surface area contributed by atoms with Gasteiger partial charge >= 0.3 is 0 Å². The molecule has 0 saturated carbocycles. The molecule has 1 heterocycles. The highest BCUT2D eigenvalue weighted by Crippen LogP contribution is 2.14. The number of carbonyl (C=O) groups is 1. The van der Waals surface area contributed by atoms with Crippen molar-refractivity contribution in [2.45, 2.75) is 50.1 Å². The molecule has 7 heteroatoms. The van der Waals surface area contributed by atoms with Crippen molar-refractivity contribution in [2.24, 2.45) is 0 Å². The summed E-state index contributed by atoms with van der Waals surface area (Å²) in [5.74, 6) is -0.188. The fourth-order valence-electron chi connectivity index (χ4n) is 2.50. The summed E-state index contributed by atoms with van der Waals surface area (Å²) in [6.45, 7) is 6.93. The molecule has 0 radical (unpaired) electrons. The van der Waals surface area contributed by atoms with E-state index in [1.54, 1.807) is 20.8 Å². The molecule has 0 bridgehead atoms. The Morgan fingerprint density at radius 1 is 1.26 bits per heavy atom. The second-order valence-corrected chi connectivity index (χ2v) is 8.57. The third-order valence-electron chi connectivity index (χ3n) is 3.54. The third-order valence-corrected chi connectivity index (χ3v) is 5.31. The van der Waals surface area contributed by atoms with E-state index in [1.165, 1.54) is 24.3 Å². The molecular weight excluding hydrogens is 314 g/mol. The molecule has 0 aromatic heterocycles. The molecule has 1 saturated heterocycles. The van der Waals surface area contributed by atoms with E-state index in [9.17, 15) is 13.2 Å². The number of hydrogen-bond acceptors (Lipinski definition) is 4. The number of sulfonamides is 1. The maximum Gasteiger partial charge on any atom is 0.251 e. The first-order valence-electron chi connectivity index (χ1n) is 7.83. The predicted molar refractivity (Wildman–Crippen MR) is 89.9 cm³/mol. The van der Waals surface area contributed by atoms with Gasteiger partial charge in [-0.1, -0.05) is 0 Å². The molecule has 6 nitrogen and oxygen atoms in total. The average Bonchev–Trinajstić information content (AvgIpc) is 2.95. The first-order chi connectivity index (χ1) is 10.7. The van der Waals surface area contributed by atoms with Crippen LogP contribution in [0, 0.1) is 0 Å². The van der Waals surface area contributed by atoms with Crippen molar-refractivity contribution in [3.63, 3.8) is 0 Å². The van der Waals surface area contributed by atoms with E-state index in [1.807, 2.05) is 0 Å². The van der Waals surface area contributed by atoms with Gasteiger partial charge in [0.2, 0.25) is 10.0 Å². The van der Waals surface area contributed by atoms with Crippen LogP contribution in [-0.4, -0.2) is 39.0 Å². The van der Waals surface area contributed by atoms with E-state index < -0.39 is 15.6 Å². The molecule has 1 aromatic rings. The van der Waals surface area contributed by atoms with Crippen LogP contribution >= 0.6 is 0 Å². The molecule has 128 valence electrons. The fraction of sp³-hybridized carbons (Fsp3) is 0.562. The van der Waals surface area contributed by atoms with Gasteiger partial charge in [-0.3, -0.25) is 4.79 Å². The van der Waals surface area contributed by atoms with Crippen LogP contribution in [0.15, 0.2) is 29.2 Å². The first-order valence-corrected chi connectivity index (χ1v) is 9.31. The summed E-state index contributed by atoms with van der Waals surface area (Å²) >= 11 is 0. The summed E-state index contributed by atoms with van der Waals surface area (Å²) in [5.41, 5.74) is -0.0962. The number of amides is 1. The quantitative estimate of drug-likeness (QED) is 0.753. The molecule has 1 aromatic carbocycles. The summed E-state index contributed by atoms with van der Waals surface area (Å²) in [5, 5.41) is 6.18. The smallest absolute Gasteiger partial charge is 0.251 e. The average molecular weight is 339 g/mol. The fourth-order valence-corrected chi connectivity index (χ4v) is 3.91. The summed E-state index contributed by atoms with van der Waals surface area (Å²) in [6.07, 6.45) is 2.20. The molecule has 23 heavy (non-hydrogen) atoms. The summed E-state index contributed by atoms with van der Waals surface area (Å²) in [4.78, 5) is 12.2. The molecule has 0 aliphatic carbocycles. The number of hydrogen-bond donors (Lipinski definition) is 3. The van der Waals surface area contributed by atoms with Crippen molar-refractivity contribution < 1.29 is 13.2 Å². The van der Waals surface area contributed by atoms with Gasteiger partial charge < -0.3 is 10.6 Å². The lowest BCUT2D eigenvalue weighted by molar-refractivity contribution is 0.0950. The second-order valence-electron chi connectivity index (χ2n) is 6.88. The SMILES string of the molecule is CC(C)(C)NS(=O)(=O)c1ccc(C(=O)NCC2CCCN2)cc1. The molecule has 1 aliphatic heterocycles. The van der Waals surface area contributed by atoms with Crippen LogP contribution in [-0.2, 0) is 10.0 Å². The minimum absolute atomic E-state index is 0.154.